The number of nitrogens with one attached hydrogen (secondary N) is 2. The highest BCUT2D eigenvalue weighted by atomic mass is 16.5. The molecule has 0 aliphatic carbocycles. The Morgan fingerprint density at radius 3 is 2.43 bits per heavy atom. The molecule has 0 radical (unpaired) electrons. The number of hydrogen-bond donors (Lipinski definition) is 2. The normalized spacial score (nSPS) is 13.7. The van der Waals surface area contributed by atoms with Crippen molar-refractivity contribution in [1.29, 1.82) is 0 Å². The Hall–Kier alpha value is -2.89. The minimum atomic E-state index is -0.0225. The number of nitrogens with zero attached hydrogens (tertiary/aromatic N) is 1. The maximum atomic E-state index is 12.2. The number of ether oxygens (including phenoxy) is 2. The molecule has 1 amide bonds. The summed E-state index contributed by atoms with van der Waals surface area (Å²) in [6.07, 6.45) is 4.19. The third-order valence-electron chi connectivity index (χ3n) is 4.95. The summed E-state index contributed by atoms with van der Waals surface area (Å²) in [5, 5.41) is 6.19. The van der Waals surface area contributed by atoms with Gasteiger partial charge in [-0.25, -0.2) is 0 Å². The van der Waals surface area contributed by atoms with E-state index in [9.17, 15) is 4.79 Å². The number of piperidine rings is 1. The first-order chi connectivity index (χ1) is 13.7. The van der Waals surface area contributed by atoms with Crippen LogP contribution in [0.2, 0.25) is 0 Å². The minimum Gasteiger partial charge on any atom is -0.497 e. The molecule has 1 aliphatic rings. The van der Waals surface area contributed by atoms with Crippen LogP contribution >= 0.6 is 0 Å². The number of hydrogen-bond acceptors (Lipinski definition) is 5. The summed E-state index contributed by atoms with van der Waals surface area (Å²) in [6, 6.07) is 13.7. The highest BCUT2D eigenvalue weighted by Crippen LogP contribution is 2.29. The lowest BCUT2D eigenvalue weighted by Crippen LogP contribution is -2.29. The average molecular weight is 383 g/mol. The molecular weight excluding hydrogens is 354 g/mol. The number of amides is 1. The van der Waals surface area contributed by atoms with Gasteiger partial charge < -0.3 is 25.0 Å². The lowest BCUT2D eigenvalue weighted by molar-refractivity contribution is -0.115. The zero-order valence-corrected chi connectivity index (χ0v) is 16.7. The van der Waals surface area contributed by atoms with Crippen molar-refractivity contribution >= 4 is 23.0 Å². The van der Waals surface area contributed by atoms with E-state index in [-0.39, 0.29) is 5.91 Å². The predicted octanol–water partition coefficient (Wildman–Crippen LogP) is 4.13. The number of methoxy groups -OCH3 is 2. The first-order valence-corrected chi connectivity index (χ1v) is 9.80. The summed E-state index contributed by atoms with van der Waals surface area (Å²) < 4.78 is 10.5. The van der Waals surface area contributed by atoms with Crippen molar-refractivity contribution in [1.82, 2.24) is 0 Å². The topological polar surface area (TPSA) is 62.8 Å². The van der Waals surface area contributed by atoms with Gasteiger partial charge in [-0.1, -0.05) is 0 Å². The molecule has 1 saturated heterocycles. The van der Waals surface area contributed by atoms with E-state index in [1.807, 2.05) is 30.3 Å². The molecule has 6 nitrogen and oxygen atoms in total. The number of carbonyl (C=O) groups excluding carboxylic acids is 1. The third-order valence-corrected chi connectivity index (χ3v) is 4.95. The molecule has 1 fully saturated rings. The smallest absolute Gasteiger partial charge is 0.226 e. The third kappa shape index (κ3) is 5.31. The van der Waals surface area contributed by atoms with E-state index in [1.54, 1.807) is 14.2 Å². The Kier molecular flexibility index (Phi) is 7.00. The van der Waals surface area contributed by atoms with Gasteiger partial charge in [0.25, 0.3) is 0 Å². The molecule has 2 N–H and O–H groups in total. The molecule has 0 atom stereocenters. The highest BCUT2D eigenvalue weighted by molar-refractivity contribution is 5.91. The summed E-state index contributed by atoms with van der Waals surface area (Å²) in [7, 11) is 3.23. The maximum Gasteiger partial charge on any atom is 0.226 e. The molecule has 3 rings (SSSR count). The van der Waals surface area contributed by atoms with Gasteiger partial charge in [0.15, 0.2) is 0 Å². The van der Waals surface area contributed by atoms with Crippen LogP contribution in [0.4, 0.5) is 17.1 Å². The minimum absolute atomic E-state index is 0.0225. The van der Waals surface area contributed by atoms with Crippen molar-refractivity contribution in [3.05, 3.63) is 42.5 Å². The second kappa shape index (κ2) is 9.88. The Morgan fingerprint density at radius 2 is 1.75 bits per heavy atom. The molecule has 0 spiro atoms. The van der Waals surface area contributed by atoms with Gasteiger partial charge in [0.1, 0.15) is 11.5 Å². The molecule has 150 valence electrons. The Morgan fingerprint density at radius 1 is 1.00 bits per heavy atom. The number of rotatable bonds is 8. The molecule has 28 heavy (non-hydrogen) atoms. The van der Waals surface area contributed by atoms with Crippen LogP contribution in [0.5, 0.6) is 11.5 Å². The zero-order chi connectivity index (χ0) is 19.8. The van der Waals surface area contributed by atoms with E-state index in [0.29, 0.717) is 18.7 Å². The molecule has 0 bridgehead atoms. The standard InChI is InChI=1S/C22H29N3O3/c1-27-19-10-11-20(21(16-19)28-2)23-13-12-22(26)24-17-6-8-18(9-7-17)25-14-4-3-5-15-25/h6-11,16,23H,3-5,12-15H2,1-2H3,(H,24,26). The second-order valence-corrected chi connectivity index (χ2v) is 6.89. The predicted molar refractivity (Wildman–Crippen MR) is 114 cm³/mol. The van der Waals surface area contributed by atoms with Crippen LogP contribution in [0.25, 0.3) is 0 Å². The molecule has 0 unspecified atom stereocenters. The van der Waals surface area contributed by atoms with Crippen molar-refractivity contribution in [3.63, 3.8) is 0 Å². The summed E-state index contributed by atoms with van der Waals surface area (Å²) >= 11 is 0. The van der Waals surface area contributed by atoms with Gasteiger partial charge in [0, 0.05) is 43.5 Å². The number of anilines is 3. The lowest BCUT2D eigenvalue weighted by Gasteiger charge is -2.28. The monoisotopic (exact) mass is 383 g/mol. The summed E-state index contributed by atoms with van der Waals surface area (Å²) in [6.45, 7) is 2.75. The highest BCUT2D eigenvalue weighted by Gasteiger charge is 2.11. The van der Waals surface area contributed by atoms with Crippen LogP contribution < -0.4 is 25.0 Å². The van der Waals surface area contributed by atoms with E-state index in [0.717, 1.165) is 30.2 Å². The fourth-order valence-electron chi connectivity index (χ4n) is 3.39. The molecular formula is C22H29N3O3. The summed E-state index contributed by atoms with van der Waals surface area (Å²) in [5.41, 5.74) is 2.89. The van der Waals surface area contributed by atoms with Gasteiger partial charge in [0.05, 0.1) is 19.9 Å². The van der Waals surface area contributed by atoms with Crippen LogP contribution in [0.1, 0.15) is 25.7 Å². The quantitative estimate of drug-likeness (QED) is 0.717. The van der Waals surface area contributed by atoms with Gasteiger partial charge in [-0.15, -0.1) is 0 Å². The largest absolute Gasteiger partial charge is 0.497 e. The number of benzene rings is 2. The summed E-state index contributed by atoms with van der Waals surface area (Å²) in [5.74, 6) is 1.40. The fourth-order valence-corrected chi connectivity index (χ4v) is 3.39. The summed E-state index contributed by atoms with van der Waals surface area (Å²) in [4.78, 5) is 14.6. The van der Waals surface area contributed by atoms with E-state index in [1.165, 1.54) is 24.9 Å². The van der Waals surface area contributed by atoms with Crippen molar-refractivity contribution < 1.29 is 14.3 Å². The van der Waals surface area contributed by atoms with E-state index >= 15 is 0 Å². The van der Waals surface area contributed by atoms with Gasteiger partial charge >= 0.3 is 0 Å². The second-order valence-electron chi connectivity index (χ2n) is 6.89. The number of carbonyl (C=O) groups is 1. The van der Waals surface area contributed by atoms with Gasteiger partial charge in [-0.05, 0) is 55.7 Å². The van der Waals surface area contributed by atoms with Gasteiger partial charge in [-0.3, -0.25) is 4.79 Å². The Labute approximate surface area is 166 Å². The van der Waals surface area contributed by atoms with Crippen molar-refractivity contribution in [2.75, 3.05) is 49.4 Å². The van der Waals surface area contributed by atoms with Crippen molar-refractivity contribution in [2.45, 2.75) is 25.7 Å². The molecule has 6 heteroatoms. The van der Waals surface area contributed by atoms with Crippen LogP contribution in [-0.2, 0) is 4.79 Å². The Bertz CT molecular complexity index is 771. The fraction of sp³-hybridized carbons (Fsp3) is 0.409. The van der Waals surface area contributed by atoms with Crippen molar-refractivity contribution in [2.24, 2.45) is 0 Å². The van der Waals surface area contributed by atoms with Gasteiger partial charge in [0.2, 0.25) is 5.91 Å². The molecule has 0 aromatic heterocycles. The van der Waals surface area contributed by atoms with Crippen LogP contribution in [0.15, 0.2) is 42.5 Å². The van der Waals surface area contributed by atoms with Crippen molar-refractivity contribution in [3.8, 4) is 11.5 Å². The Balaban J connectivity index is 1.46. The molecule has 1 heterocycles. The zero-order valence-electron chi connectivity index (χ0n) is 16.7. The SMILES string of the molecule is COc1ccc(NCCC(=O)Nc2ccc(N3CCCCC3)cc2)c(OC)c1. The molecule has 2 aromatic carbocycles. The molecule has 1 aliphatic heterocycles. The lowest BCUT2D eigenvalue weighted by atomic mass is 10.1. The van der Waals surface area contributed by atoms with Gasteiger partial charge in [-0.2, -0.15) is 0 Å². The van der Waals surface area contributed by atoms with E-state index in [2.05, 4.69) is 27.7 Å². The average Bonchev–Trinajstić information content (AvgIpc) is 2.75. The molecule has 2 aromatic rings. The van der Waals surface area contributed by atoms with Crippen LogP contribution in [0.3, 0.4) is 0 Å². The van der Waals surface area contributed by atoms with Crippen LogP contribution in [0, 0.1) is 0 Å². The first-order valence-electron chi connectivity index (χ1n) is 9.80. The molecule has 0 saturated carbocycles. The van der Waals surface area contributed by atoms with E-state index < -0.39 is 0 Å². The first kappa shape index (κ1) is 19.9. The maximum absolute atomic E-state index is 12.2. The van der Waals surface area contributed by atoms with Crippen LogP contribution in [-0.4, -0.2) is 39.8 Å². The van der Waals surface area contributed by atoms with E-state index in [4.69, 9.17) is 9.47 Å².